The second-order valence-electron chi connectivity index (χ2n) is 4.12. The molecule has 5 heteroatoms. The summed E-state index contributed by atoms with van der Waals surface area (Å²) in [5.74, 6) is 5.07. The highest BCUT2D eigenvalue weighted by Gasteiger charge is 2.17. The molecule has 0 fully saturated rings. The van der Waals surface area contributed by atoms with Gasteiger partial charge in [0, 0.05) is 18.6 Å². The van der Waals surface area contributed by atoms with Gasteiger partial charge in [0.1, 0.15) is 5.56 Å². The fourth-order valence-corrected chi connectivity index (χ4v) is 1.69. The Hall–Kier alpha value is -3.13. The molecule has 21 heavy (non-hydrogen) atoms. The van der Waals surface area contributed by atoms with Crippen LogP contribution < -0.4 is 4.74 Å². The number of carbonyl (C=O) groups excluding carboxylic acids is 1. The van der Waals surface area contributed by atoms with Gasteiger partial charge in [-0.2, -0.15) is 0 Å². The molecule has 2 rings (SSSR count). The third-order valence-corrected chi connectivity index (χ3v) is 2.56. The van der Waals surface area contributed by atoms with Crippen LogP contribution in [0.5, 0.6) is 5.75 Å². The van der Waals surface area contributed by atoms with Crippen molar-refractivity contribution in [2.45, 2.75) is 6.92 Å². The van der Waals surface area contributed by atoms with Gasteiger partial charge in [-0.3, -0.25) is 14.9 Å². The Kier molecular flexibility index (Phi) is 4.32. The van der Waals surface area contributed by atoms with Gasteiger partial charge in [0.15, 0.2) is 5.75 Å². The van der Waals surface area contributed by atoms with Gasteiger partial charge in [-0.25, -0.2) is 0 Å². The molecule has 104 valence electrons. The molecule has 0 N–H and O–H groups in total. The van der Waals surface area contributed by atoms with Crippen LogP contribution in [0.2, 0.25) is 0 Å². The molecule has 0 aromatic heterocycles. The molecule has 5 nitrogen and oxygen atoms in total. The first-order valence-corrected chi connectivity index (χ1v) is 6.11. The van der Waals surface area contributed by atoms with Crippen molar-refractivity contribution in [1.82, 2.24) is 0 Å². The number of nitro benzene ring substituents is 1. The Morgan fingerprint density at radius 3 is 2.43 bits per heavy atom. The fourth-order valence-electron chi connectivity index (χ4n) is 1.69. The summed E-state index contributed by atoms with van der Waals surface area (Å²) >= 11 is 0. The number of hydrogen-bond donors (Lipinski definition) is 0. The van der Waals surface area contributed by atoms with Crippen molar-refractivity contribution < 1.29 is 14.5 Å². The van der Waals surface area contributed by atoms with Crippen LogP contribution in [0.1, 0.15) is 18.1 Å². The zero-order valence-corrected chi connectivity index (χ0v) is 11.2. The average Bonchev–Trinajstić information content (AvgIpc) is 2.46. The number of hydrogen-bond acceptors (Lipinski definition) is 4. The highest BCUT2D eigenvalue weighted by atomic mass is 16.6. The van der Waals surface area contributed by atoms with E-state index in [4.69, 9.17) is 4.74 Å². The lowest BCUT2D eigenvalue weighted by Gasteiger charge is -2.04. The number of nitro groups is 1. The van der Waals surface area contributed by atoms with Gasteiger partial charge in [0.2, 0.25) is 0 Å². The second kappa shape index (κ2) is 6.35. The number of carbonyl (C=O) groups is 1. The molecule has 0 aliphatic carbocycles. The van der Waals surface area contributed by atoms with Crippen LogP contribution in [-0.4, -0.2) is 10.9 Å². The van der Waals surface area contributed by atoms with Gasteiger partial charge < -0.3 is 4.74 Å². The first-order chi connectivity index (χ1) is 10.1. The number of ether oxygens (including phenoxy) is 1. The molecular formula is C16H11NO4. The van der Waals surface area contributed by atoms with E-state index in [-0.39, 0.29) is 17.0 Å². The number of nitrogens with zero attached hydrogens (tertiary/aromatic N) is 1. The Bertz CT molecular complexity index is 742. The predicted octanol–water partition coefficient (Wildman–Crippen LogP) is 2.92. The van der Waals surface area contributed by atoms with Crippen molar-refractivity contribution in [2.75, 3.05) is 0 Å². The molecule has 0 spiro atoms. The summed E-state index contributed by atoms with van der Waals surface area (Å²) in [7, 11) is 0. The molecule has 0 saturated carbocycles. The molecular weight excluding hydrogens is 270 g/mol. The number of benzene rings is 2. The van der Waals surface area contributed by atoms with E-state index >= 15 is 0 Å². The van der Waals surface area contributed by atoms with Crippen LogP contribution in [0.15, 0.2) is 48.5 Å². The van der Waals surface area contributed by atoms with Gasteiger partial charge in [-0.1, -0.05) is 36.1 Å². The Labute approximate surface area is 121 Å². The van der Waals surface area contributed by atoms with E-state index in [1.165, 1.54) is 25.1 Å². The van der Waals surface area contributed by atoms with Crippen molar-refractivity contribution in [3.8, 4) is 17.6 Å². The third kappa shape index (κ3) is 3.67. The molecule has 0 radical (unpaired) electrons. The minimum absolute atomic E-state index is 0.0835. The summed E-state index contributed by atoms with van der Waals surface area (Å²) in [4.78, 5) is 21.6. The quantitative estimate of drug-likeness (QED) is 0.279. The predicted molar refractivity (Wildman–Crippen MR) is 76.8 cm³/mol. The van der Waals surface area contributed by atoms with Gasteiger partial charge in [-0.15, -0.1) is 0 Å². The van der Waals surface area contributed by atoms with Crippen molar-refractivity contribution in [3.63, 3.8) is 0 Å². The van der Waals surface area contributed by atoms with Crippen LogP contribution in [0.4, 0.5) is 5.69 Å². The number of rotatable bonds is 2. The SMILES string of the molecule is CC(=O)Oc1cccc([N+](=O)[O-])c1C#Cc1ccccc1. The van der Waals surface area contributed by atoms with Crippen LogP contribution in [-0.2, 0) is 4.79 Å². The van der Waals surface area contributed by atoms with Crippen LogP contribution in [0.25, 0.3) is 0 Å². The zero-order valence-electron chi connectivity index (χ0n) is 11.2. The summed E-state index contributed by atoms with van der Waals surface area (Å²) in [5, 5.41) is 11.1. The van der Waals surface area contributed by atoms with E-state index in [2.05, 4.69) is 11.8 Å². The van der Waals surface area contributed by atoms with E-state index in [0.29, 0.717) is 5.56 Å². The van der Waals surface area contributed by atoms with E-state index in [1.54, 1.807) is 12.1 Å². The highest BCUT2D eigenvalue weighted by Crippen LogP contribution is 2.27. The van der Waals surface area contributed by atoms with E-state index in [0.717, 1.165) is 0 Å². The fraction of sp³-hybridized carbons (Fsp3) is 0.0625. The van der Waals surface area contributed by atoms with Crippen molar-refractivity contribution in [3.05, 3.63) is 69.8 Å². The Morgan fingerprint density at radius 2 is 1.81 bits per heavy atom. The monoisotopic (exact) mass is 281 g/mol. The molecule has 0 atom stereocenters. The summed E-state index contributed by atoms with van der Waals surface area (Å²) in [6.07, 6.45) is 0. The highest BCUT2D eigenvalue weighted by molar-refractivity contribution is 5.72. The van der Waals surface area contributed by atoms with Crippen LogP contribution in [0, 0.1) is 22.0 Å². The van der Waals surface area contributed by atoms with Crippen molar-refractivity contribution in [1.29, 1.82) is 0 Å². The zero-order chi connectivity index (χ0) is 15.2. The largest absolute Gasteiger partial charge is 0.425 e. The summed E-state index contributed by atoms with van der Waals surface area (Å²) in [6, 6.07) is 13.3. The van der Waals surface area contributed by atoms with Gasteiger partial charge in [0.05, 0.1) is 4.92 Å². The average molecular weight is 281 g/mol. The number of esters is 1. The standard InChI is InChI=1S/C16H11NO4/c1-12(18)21-16-9-5-8-15(17(19)20)14(16)11-10-13-6-3-2-4-7-13/h2-9H,1H3. The molecule has 0 aliphatic rings. The van der Waals surface area contributed by atoms with Crippen molar-refractivity contribution >= 4 is 11.7 Å². The minimum Gasteiger partial charge on any atom is -0.425 e. The normalized spacial score (nSPS) is 9.38. The lowest BCUT2D eigenvalue weighted by Crippen LogP contribution is -2.04. The van der Waals surface area contributed by atoms with E-state index in [9.17, 15) is 14.9 Å². The topological polar surface area (TPSA) is 69.4 Å². The van der Waals surface area contributed by atoms with Crippen LogP contribution in [0.3, 0.4) is 0 Å². The van der Waals surface area contributed by atoms with Gasteiger partial charge in [-0.05, 0) is 18.2 Å². The maximum Gasteiger partial charge on any atom is 0.308 e. The molecule has 0 amide bonds. The molecule has 0 aliphatic heterocycles. The van der Waals surface area contributed by atoms with Crippen molar-refractivity contribution in [2.24, 2.45) is 0 Å². The third-order valence-electron chi connectivity index (χ3n) is 2.56. The first kappa shape index (κ1) is 14.3. The smallest absolute Gasteiger partial charge is 0.308 e. The van der Waals surface area contributed by atoms with Gasteiger partial charge >= 0.3 is 5.97 Å². The Balaban J connectivity index is 2.52. The maximum absolute atomic E-state index is 11.1. The minimum atomic E-state index is -0.557. The van der Waals surface area contributed by atoms with Crippen LogP contribution >= 0.6 is 0 Å². The maximum atomic E-state index is 11.1. The lowest BCUT2D eigenvalue weighted by atomic mass is 10.1. The summed E-state index contributed by atoms with van der Waals surface area (Å²) in [6.45, 7) is 1.23. The molecule has 2 aromatic carbocycles. The molecule has 0 unspecified atom stereocenters. The first-order valence-electron chi connectivity index (χ1n) is 6.11. The lowest BCUT2D eigenvalue weighted by molar-refractivity contribution is -0.385. The molecule has 0 saturated heterocycles. The summed E-state index contributed by atoms with van der Waals surface area (Å²) < 4.78 is 4.98. The van der Waals surface area contributed by atoms with E-state index in [1.807, 2.05) is 18.2 Å². The summed E-state index contributed by atoms with van der Waals surface area (Å²) in [5.41, 5.74) is 0.600. The Morgan fingerprint density at radius 1 is 1.10 bits per heavy atom. The molecule has 0 bridgehead atoms. The van der Waals surface area contributed by atoms with Gasteiger partial charge in [0.25, 0.3) is 5.69 Å². The molecule has 2 aromatic rings. The van der Waals surface area contributed by atoms with E-state index < -0.39 is 10.9 Å². The molecule has 0 heterocycles. The second-order valence-corrected chi connectivity index (χ2v) is 4.12.